The Morgan fingerprint density at radius 1 is 0.952 bits per heavy atom. The van der Waals surface area contributed by atoms with Gasteiger partial charge in [-0.05, 0) is 36.8 Å². The van der Waals surface area contributed by atoms with Crippen LogP contribution >= 0.6 is 0 Å². The fourth-order valence-electron chi connectivity index (χ4n) is 2.11. The molecule has 0 saturated heterocycles. The molecule has 6 nitrogen and oxygen atoms in total. The third kappa shape index (κ3) is 2.47. The number of fused-ring (bicyclic) bond motifs is 1. The molecule has 0 fully saturated rings. The van der Waals surface area contributed by atoms with E-state index in [1.807, 2.05) is 24.3 Å². The van der Waals surface area contributed by atoms with Crippen molar-refractivity contribution < 1.29 is 8.42 Å². The zero-order chi connectivity index (χ0) is 15.0. The van der Waals surface area contributed by atoms with E-state index in [-0.39, 0.29) is 4.90 Å². The van der Waals surface area contributed by atoms with Crippen molar-refractivity contribution in [3.8, 4) is 0 Å². The van der Waals surface area contributed by atoms with Gasteiger partial charge in [0.1, 0.15) is 11.6 Å². The molecular weight excluding hydrogens is 288 g/mol. The number of aromatic nitrogens is 3. The summed E-state index contributed by atoms with van der Waals surface area (Å²) >= 11 is 0. The summed E-state index contributed by atoms with van der Waals surface area (Å²) in [5.74, 6) is 0.966. The maximum atomic E-state index is 12.5. The van der Waals surface area contributed by atoms with Crippen LogP contribution < -0.4 is 4.83 Å². The average molecular weight is 302 g/mol. The summed E-state index contributed by atoms with van der Waals surface area (Å²) in [5, 5.41) is 9.53. The van der Waals surface area contributed by atoms with Crippen molar-refractivity contribution in [1.82, 2.24) is 14.9 Å². The van der Waals surface area contributed by atoms with Crippen LogP contribution in [0.3, 0.4) is 0 Å². The molecule has 0 atom stereocenters. The van der Waals surface area contributed by atoms with Gasteiger partial charge in [0.15, 0.2) is 0 Å². The predicted octanol–water partition coefficient (Wildman–Crippen LogP) is 1.98. The summed E-state index contributed by atoms with van der Waals surface area (Å²) in [6, 6.07) is 12.6. The molecule has 1 heterocycles. The van der Waals surface area contributed by atoms with Gasteiger partial charge in [-0.25, -0.2) is 9.51 Å². The Balaban J connectivity index is 2.04. The van der Waals surface area contributed by atoms with Crippen molar-refractivity contribution in [2.45, 2.75) is 18.7 Å². The van der Waals surface area contributed by atoms with Gasteiger partial charge in [0.05, 0.1) is 4.90 Å². The number of rotatable bonds is 3. The first kappa shape index (κ1) is 13.6. The van der Waals surface area contributed by atoms with E-state index in [0.717, 1.165) is 10.8 Å². The van der Waals surface area contributed by atoms with Crippen LogP contribution in [-0.4, -0.2) is 23.3 Å². The van der Waals surface area contributed by atoms with E-state index in [4.69, 9.17) is 0 Å². The minimum atomic E-state index is -3.69. The van der Waals surface area contributed by atoms with Gasteiger partial charge in [0, 0.05) is 0 Å². The largest absolute Gasteiger partial charge is 0.275 e. The molecule has 3 aromatic rings. The molecule has 0 unspecified atom stereocenters. The Labute approximate surface area is 122 Å². The molecule has 0 aliphatic heterocycles. The second-order valence-corrected chi connectivity index (χ2v) is 6.39. The van der Waals surface area contributed by atoms with E-state index in [9.17, 15) is 8.42 Å². The molecule has 3 rings (SSSR count). The van der Waals surface area contributed by atoms with Gasteiger partial charge in [-0.1, -0.05) is 30.3 Å². The van der Waals surface area contributed by atoms with Crippen LogP contribution in [0, 0.1) is 13.8 Å². The summed E-state index contributed by atoms with van der Waals surface area (Å²) in [5.41, 5.74) is 0. The minimum Gasteiger partial charge on any atom is -0.215 e. The van der Waals surface area contributed by atoms with Crippen LogP contribution in [0.2, 0.25) is 0 Å². The van der Waals surface area contributed by atoms with E-state index in [1.165, 1.54) is 4.68 Å². The molecular formula is C14H14N4O2S. The zero-order valence-corrected chi connectivity index (χ0v) is 12.4. The highest BCUT2D eigenvalue weighted by Crippen LogP contribution is 2.19. The van der Waals surface area contributed by atoms with Gasteiger partial charge in [-0.2, -0.15) is 8.42 Å². The monoisotopic (exact) mass is 302 g/mol. The highest BCUT2D eigenvalue weighted by atomic mass is 32.2. The molecule has 0 spiro atoms. The Bertz CT molecular complexity index is 896. The first-order chi connectivity index (χ1) is 9.97. The Morgan fingerprint density at radius 3 is 2.24 bits per heavy atom. The average Bonchev–Trinajstić information content (AvgIpc) is 2.78. The molecule has 1 N–H and O–H groups in total. The fourth-order valence-corrected chi connectivity index (χ4v) is 3.25. The maximum Gasteiger partial charge on any atom is 0.275 e. The first-order valence-corrected chi connectivity index (χ1v) is 7.86. The minimum absolute atomic E-state index is 0.203. The highest BCUT2D eigenvalue weighted by molar-refractivity contribution is 7.92. The van der Waals surface area contributed by atoms with E-state index in [2.05, 4.69) is 15.0 Å². The van der Waals surface area contributed by atoms with Crippen LogP contribution in [0.15, 0.2) is 47.4 Å². The smallest absolute Gasteiger partial charge is 0.215 e. The molecule has 1 aromatic heterocycles. The fraction of sp³-hybridized carbons (Fsp3) is 0.143. The lowest BCUT2D eigenvalue weighted by Crippen LogP contribution is -2.25. The predicted molar refractivity (Wildman–Crippen MR) is 80.0 cm³/mol. The summed E-state index contributed by atoms with van der Waals surface area (Å²) in [7, 11) is -3.69. The van der Waals surface area contributed by atoms with Crippen LogP contribution in [-0.2, 0) is 10.0 Å². The maximum absolute atomic E-state index is 12.5. The van der Waals surface area contributed by atoms with Gasteiger partial charge in [-0.3, -0.25) is 0 Å². The lowest BCUT2D eigenvalue weighted by Gasteiger charge is -2.11. The van der Waals surface area contributed by atoms with Gasteiger partial charge < -0.3 is 0 Å². The SMILES string of the molecule is Cc1nnc(C)n1NS(=O)(=O)c1ccc2ccccc2c1. The highest BCUT2D eigenvalue weighted by Gasteiger charge is 2.17. The summed E-state index contributed by atoms with van der Waals surface area (Å²) in [4.78, 5) is 2.68. The Hall–Kier alpha value is -2.41. The van der Waals surface area contributed by atoms with E-state index in [0.29, 0.717) is 11.6 Å². The number of benzene rings is 2. The summed E-state index contributed by atoms with van der Waals surface area (Å²) in [6.07, 6.45) is 0. The van der Waals surface area contributed by atoms with Gasteiger partial charge >= 0.3 is 0 Å². The van der Waals surface area contributed by atoms with E-state index < -0.39 is 10.0 Å². The molecule has 7 heteroatoms. The van der Waals surface area contributed by atoms with Crippen LogP contribution in [0.5, 0.6) is 0 Å². The number of hydrogen-bond acceptors (Lipinski definition) is 4. The molecule has 0 aliphatic rings. The van der Waals surface area contributed by atoms with Crippen molar-refractivity contribution >= 4 is 20.8 Å². The van der Waals surface area contributed by atoms with Crippen LogP contribution in [0.4, 0.5) is 0 Å². The van der Waals surface area contributed by atoms with Crippen molar-refractivity contribution in [2.75, 3.05) is 4.83 Å². The lowest BCUT2D eigenvalue weighted by atomic mass is 10.1. The summed E-state index contributed by atoms with van der Waals surface area (Å²) < 4.78 is 26.3. The van der Waals surface area contributed by atoms with E-state index in [1.54, 1.807) is 32.0 Å². The third-order valence-electron chi connectivity index (χ3n) is 3.23. The number of aryl methyl sites for hydroxylation is 2. The molecule has 0 radical (unpaired) electrons. The number of nitrogens with zero attached hydrogens (tertiary/aromatic N) is 3. The summed E-state index contributed by atoms with van der Waals surface area (Å²) in [6.45, 7) is 3.37. The van der Waals surface area contributed by atoms with Crippen LogP contribution in [0.25, 0.3) is 10.8 Å². The zero-order valence-electron chi connectivity index (χ0n) is 11.6. The number of hydrogen-bond donors (Lipinski definition) is 1. The third-order valence-corrected chi connectivity index (χ3v) is 4.53. The molecule has 0 bridgehead atoms. The topological polar surface area (TPSA) is 76.9 Å². The van der Waals surface area contributed by atoms with Crippen molar-refractivity contribution in [3.05, 3.63) is 54.1 Å². The normalized spacial score (nSPS) is 11.7. The molecule has 0 saturated carbocycles. The Morgan fingerprint density at radius 2 is 1.57 bits per heavy atom. The van der Waals surface area contributed by atoms with Gasteiger partial charge in [-0.15, -0.1) is 10.2 Å². The number of sulfonamides is 1. The standard InChI is InChI=1S/C14H14N4O2S/c1-10-15-16-11(2)18(10)17-21(19,20)14-8-7-12-5-3-4-6-13(12)9-14/h3-9,17H,1-2H3. The second kappa shape index (κ2) is 4.85. The lowest BCUT2D eigenvalue weighted by molar-refractivity contribution is 0.594. The van der Waals surface area contributed by atoms with Crippen molar-refractivity contribution in [2.24, 2.45) is 0 Å². The van der Waals surface area contributed by atoms with Crippen LogP contribution in [0.1, 0.15) is 11.6 Å². The van der Waals surface area contributed by atoms with Gasteiger partial charge in [0.25, 0.3) is 10.0 Å². The Kier molecular flexibility index (Phi) is 3.13. The van der Waals surface area contributed by atoms with Crippen molar-refractivity contribution in [1.29, 1.82) is 0 Å². The first-order valence-electron chi connectivity index (χ1n) is 6.37. The second-order valence-electron chi connectivity index (χ2n) is 4.73. The quantitative estimate of drug-likeness (QED) is 0.802. The number of nitrogens with one attached hydrogen (secondary N) is 1. The molecule has 2 aromatic carbocycles. The van der Waals surface area contributed by atoms with Crippen molar-refractivity contribution in [3.63, 3.8) is 0 Å². The van der Waals surface area contributed by atoms with E-state index >= 15 is 0 Å². The molecule has 21 heavy (non-hydrogen) atoms. The van der Waals surface area contributed by atoms with Gasteiger partial charge in [0.2, 0.25) is 0 Å². The molecule has 0 aliphatic carbocycles. The molecule has 0 amide bonds. The molecule has 108 valence electrons.